The number of benzene rings is 2. The number of carbonyl (C=O) groups is 1. The summed E-state index contributed by atoms with van der Waals surface area (Å²) < 4.78 is 6.33. The van der Waals surface area contributed by atoms with E-state index in [2.05, 4.69) is 15.9 Å². The van der Waals surface area contributed by atoms with Crippen molar-refractivity contribution in [3.63, 3.8) is 0 Å². The molecule has 23 heavy (non-hydrogen) atoms. The number of carboxylic acids is 1. The molecule has 2 aromatic carbocycles. The Hall–Kier alpha value is -2.67. The largest absolute Gasteiger partial charge is 0.488 e. The van der Waals surface area contributed by atoms with Gasteiger partial charge in [0.15, 0.2) is 0 Å². The molecule has 0 aliphatic carbocycles. The van der Waals surface area contributed by atoms with Crippen LogP contribution in [0.2, 0.25) is 0 Å². The summed E-state index contributed by atoms with van der Waals surface area (Å²) in [4.78, 5) is 20.6. The molecule has 0 amide bonds. The predicted octanol–water partition coefficient (Wildman–Crippen LogP) is 4.03. The third-order valence-corrected chi connectivity index (χ3v) is 3.54. The molecule has 0 spiro atoms. The normalized spacial score (nSPS) is 10.7. The first-order valence-electron chi connectivity index (χ1n) is 6.52. The number of halogens is 1. The van der Waals surface area contributed by atoms with Gasteiger partial charge in [-0.1, -0.05) is 6.07 Å². The minimum absolute atomic E-state index is 0.0319. The van der Waals surface area contributed by atoms with Gasteiger partial charge in [-0.15, -0.1) is 0 Å². The number of aliphatic carboxylic acids is 1. The molecule has 0 atom stereocenters. The van der Waals surface area contributed by atoms with E-state index in [0.29, 0.717) is 10.2 Å². The summed E-state index contributed by atoms with van der Waals surface area (Å²) in [6.45, 7) is 0.265. The Balaban J connectivity index is 2.03. The summed E-state index contributed by atoms with van der Waals surface area (Å²) in [6.07, 6.45) is 2.53. The standard InChI is InChI=1S/C16H12BrNO5/c17-14-9-11(4-8-16(19)20)3-7-15(14)23-10-12-1-5-13(6-2-12)18(21)22/h1-9H,10H2,(H,19,20). The minimum atomic E-state index is -1.01. The highest BCUT2D eigenvalue weighted by molar-refractivity contribution is 9.10. The molecular formula is C16H12BrNO5. The number of carboxylic acid groups (broad SMARTS) is 1. The van der Waals surface area contributed by atoms with Gasteiger partial charge >= 0.3 is 5.97 Å². The van der Waals surface area contributed by atoms with Crippen LogP contribution in [0.25, 0.3) is 6.08 Å². The Morgan fingerprint density at radius 1 is 1.26 bits per heavy atom. The van der Waals surface area contributed by atoms with E-state index >= 15 is 0 Å². The lowest BCUT2D eigenvalue weighted by Gasteiger charge is -2.09. The quantitative estimate of drug-likeness (QED) is 0.466. The Labute approximate surface area is 140 Å². The topological polar surface area (TPSA) is 89.7 Å². The molecule has 0 bridgehead atoms. The number of hydrogen-bond acceptors (Lipinski definition) is 4. The molecular weight excluding hydrogens is 366 g/mol. The fraction of sp³-hybridized carbons (Fsp3) is 0.0625. The lowest BCUT2D eigenvalue weighted by molar-refractivity contribution is -0.384. The molecule has 0 unspecified atom stereocenters. The molecule has 0 fully saturated rings. The van der Waals surface area contributed by atoms with Gasteiger partial charge in [-0.2, -0.15) is 0 Å². The second-order valence-electron chi connectivity index (χ2n) is 4.57. The van der Waals surface area contributed by atoms with E-state index in [1.807, 2.05) is 0 Å². The molecule has 0 aliphatic rings. The highest BCUT2D eigenvalue weighted by Gasteiger charge is 2.06. The van der Waals surface area contributed by atoms with Crippen LogP contribution in [0.15, 0.2) is 53.0 Å². The Morgan fingerprint density at radius 3 is 2.52 bits per heavy atom. The number of non-ortho nitro benzene ring substituents is 1. The third-order valence-electron chi connectivity index (χ3n) is 2.92. The molecule has 0 heterocycles. The van der Waals surface area contributed by atoms with Crippen molar-refractivity contribution in [1.29, 1.82) is 0 Å². The van der Waals surface area contributed by atoms with Crippen molar-refractivity contribution in [3.05, 3.63) is 74.3 Å². The summed E-state index contributed by atoms with van der Waals surface area (Å²) in [7, 11) is 0. The Bertz CT molecular complexity index is 756. The molecule has 0 saturated carbocycles. The first-order valence-corrected chi connectivity index (χ1v) is 7.31. The van der Waals surface area contributed by atoms with Gasteiger partial charge in [0, 0.05) is 18.2 Å². The van der Waals surface area contributed by atoms with Crippen molar-refractivity contribution in [2.45, 2.75) is 6.61 Å². The highest BCUT2D eigenvalue weighted by atomic mass is 79.9. The average molecular weight is 378 g/mol. The molecule has 0 radical (unpaired) electrons. The average Bonchev–Trinajstić information content (AvgIpc) is 2.52. The van der Waals surface area contributed by atoms with Crippen molar-refractivity contribution in [1.82, 2.24) is 0 Å². The van der Waals surface area contributed by atoms with Crippen molar-refractivity contribution in [2.24, 2.45) is 0 Å². The molecule has 2 rings (SSSR count). The van der Waals surface area contributed by atoms with Crippen LogP contribution in [0.5, 0.6) is 5.75 Å². The zero-order valence-corrected chi connectivity index (χ0v) is 13.4. The van der Waals surface area contributed by atoms with Crippen molar-refractivity contribution in [3.8, 4) is 5.75 Å². The van der Waals surface area contributed by atoms with Crippen molar-refractivity contribution in [2.75, 3.05) is 0 Å². The SMILES string of the molecule is O=C(O)C=Cc1ccc(OCc2ccc([N+](=O)[O-])cc2)c(Br)c1. The van der Waals surface area contributed by atoms with Crippen LogP contribution in [-0.2, 0) is 11.4 Å². The summed E-state index contributed by atoms with van der Waals surface area (Å²) in [5.41, 5.74) is 1.56. The molecule has 0 saturated heterocycles. The smallest absolute Gasteiger partial charge is 0.328 e. The zero-order chi connectivity index (χ0) is 16.8. The fourth-order valence-electron chi connectivity index (χ4n) is 1.78. The minimum Gasteiger partial charge on any atom is -0.488 e. The number of nitro groups is 1. The van der Waals surface area contributed by atoms with E-state index < -0.39 is 10.9 Å². The van der Waals surface area contributed by atoms with Gasteiger partial charge in [0.25, 0.3) is 5.69 Å². The van der Waals surface area contributed by atoms with Gasteiger partial charge < -0.3 is 9.84 Å². The van der Waals surface area contributed by atoms with Crippen LogP contribution in [0, 0.1) is 10.1 Å². The monoisotopic (exact) mass is 377 g/mol. The lowest BCUT2D eigenvalue weighted by atomic mass is 10.2. The molecule has 0 aliphatic heterocycles. The summed E-state index contributed by atoms with van der Waals surface area (Å²) in [6, 6.07) is 11.3. The maximum atomic E-state index is 10.6. The maximum absolute atomic E-state index is 10.6. The predicted molar refractivity (Wildman–Crippen MR) is 88.2 cm³/mol. The number of ether oxygens (including phenoxy) is 1. The van der Waals surface area contributed by atoms with E-state index in [1.165, 1.54) is 18.2 Å². The number of hydrogen-bond donors (Lipinski definition) is 1. The molecule has 118 valence electrons. The molecule has 7 heteroatoms. The van der Waals surface area contributed by atoms with Gasteiger partial charge in [-0.3, -0.25) is 10.1 Å². The van der Waals surface area contributed by atoms with Crippen LogP contribution in [0.3, 0.4) is 0 Å². The number of nitrogens with zero attached hydrogens (tertiary/aromatic N) is 1. The second kappa shape index (κ2) is 7.55. The molecule has 2 aromatic rings. The summed E-state index contributed by atoms with van der Waals surface area (Å²) in [5.74, 6) is -0.421. The van der Waals surface area contributed by atoms with E-state index in [4.69, 9.17) is 9.84 Å². The zero-order valence-electron chi connectivity index (χ0n) is 11.8. The first kappa shape index (κ1) is 16.7. The first-order chi connectivity index (χ1) is 11.0. The van der Waals surface area contributed by atoms with Gasteiger partial charge in [0.2, 0.25) is 0 Å². The van der Waals surface area contributed by atoms with Crippen LogP contribution in [-0.4, -0.2) is 16.0 Å². The van der Waals surface area contributed by atoms with Gasteiger partial charge in [-0.25, -0.2) is 4.79 Å². The third kappa shape index (κ3) is 4.93. The summed E-state index contributed by atoms with van der Waals surface area (Å²) >= 11 is 3.36. The lowest BCUT2D eigenvalue weighted by Crippen LogP contribution is -1.97. The van der Waals surface area contributed by atoms with Gasteiger partial charge in [-0.05, 0) is 57.4 Å². The summed E-state index contributed by atoms with van der Waals surface area (Å²) in [5, 5.41) is 19.2. The van der Waals surface area contributed by atoms with Crippen LogP contribution in [0.1, 0.15) is 11.1 Å². The van der Waals surface area contributed by atoms with Gasteiger partial charge in [0.05, 0.1) is 9.40 Å². The van der Waals surface area contributed by atoms with Crippen LogP contribution >= 0.6 is 15.9 Å². The number of rotatable bonds is 6. The Kier molecular flexibility index (Phi) is 5.48. The van der Waals surface area contributed by atoms with Crippen molar-refractivity contribution < 1.29 is 19.6 Å². The molecule has 1 N–H and O–H groups in total. The maximum Gasteiger partial charge on any atom is 0.328 e. The molecule has 6 nitrogen and oxygen atoms in total. The highest BCUT2D eigenvalue weighted by Crippen LogP contribution is 2.27. The van der Waals surface area contributed by atoms with E-state index in [1.54, 1.807) is 30.3 Å². The second-order valence-corrected chi connectivity index (χ2v) is 5.43. The Morgan fingerprint density at radius 2 is 1.96 bits per heavy atom. The number of nitro benzene ring substituents is 1. The van der Waals surface area contributed by atoms with Crippen molar-refractivity contribution >= 4 is 33.7 Å². The van der Waals surface area contributed by atoms with Gasteiger partial charge in [0.1, 0.15) is 12.4 Å². The van der Waals surface area contributed by atoms with E-state index in [-0.39, 0.29) is 12.3 Å². The van der Waals surface area contributed by atoms with E-state index in [9.17, 15) is 14.9 Å². The van der Waals surface area contributed by atoms with Crippen LogP contribution in [0.4, 0.5) is 5.69 Å². The van der Waals surface area contributed by atoms with Crippen LogP contribution < -0.4 is 4.74 Å². The van der Waals surface area contributed by atoms with E-state index in [0.717, 1.165) is 17.2 Å². The fourth-order valence-corrected chi connectivity index (χ4v) is 2.29. The molecule has 0 aromatic heterocycles.